The van der Waals surface area contributed by atoms with E-state index in [0.717, 1.165) is 12.1 Å². The van der Waals surface area contributed by atoms with Crippen molar-refractivity contribution in [2.45, 2.75) is 32.5 Å². The van der Waals surface area contributed by atoms with Crippen molar-refractivity contribution in [2.24, 2.45) is 0 Å². The smallest absolute Gasteiger partial charge is 0.241 e. The van der Waals surface area contributed by atoms with E-state index in [9.17, 15) is 4.39 Å². The monoisotopic (exact) mass is 291 g/mol. The summed E-state index contributed by atoms with van der Waals surface area (Å²) in [4.78, 5) is 6.64. The molecule has 2 aromatic rings. The lowest BCUT2D eigenvalue weighted by atomic mass is 10.2. The van der Waals surface area contributed by atoms with Gasteiger partial charge in [-0.1, -0.05) is 5.16 Å². The summed E-state index contributed by atoms with van der Waals surface area (Å²) in [7, 11) is 0. The third-order valence-electron chi connectivity index (χ3n) is 3.65. The Labute approximate surface area is 122 Å². The first-order valence-electron chi connectivity index (χ1n) is 7.06. The van der Waals surface area contributed by atoms with Crippen LogP contribution in [-0.4, -0.2) is 40.3 Å². The van der Waals surface area contributed by atoms with Gasteiger partial charge in [-0.2, -0.15) is 4.98 Å². The number of morpholine rings is 1. The Balaban J connectivity index is 1.71. The molecule has 1 aromatic heterocycles. The normalized spacial score (nSPS) is 23.4. The molecule has 0 spiro atoms. The molecule has 0 N–H and O–H groups in total. The van der Waals surface area contributed by atoms with Crippen LogP contribution in [-0.2, 0) is 11.3 Å². The molecule has 1 aromatic carbocycles. The number of aromatic nitrogens is 2. The van der Waals surface area contributed by atoms with Crippen LogP contribution in [0.25, 0.3) is 11.4 Å². The zero-order valence-electron chi connectivity index (χ0n) is 12.1. The Morgan fingerprint density at radius 3 is 2.81 bits per heavy atom. The highest BCUT2D eigenvalue weighted by Gasteiger charge is 2.25. The number of nitrogens with zero attached hydrogens (tertiary/aromatic N) is 3. The maximum atomic E-state index is 12.9. The standard InChI is InChI=1S/C15H18FN3O2/c1-10-9-20-11(2)7-19(10)8-14-17-15(18-21-14)12-3-5-13(16)6-4-12/h3-6,10-11H,7-9H2,1-2H3/t10-,11-/m1/s1. The molecule has 0 bridgehead atoms. The van der Waals surface area contributed by atoms with Crippen molar-refractivity contribution in [3.05, 3.63) is 36.0 Å². The van der Waals surface area contributed by atoms with Crippen molar-refractivity contribution in [3.63, 3.8) is 0 Å². The van der Waals surface area contributed by atoms with E-state index < -0.39 is 0 Å². The largest absolute Gasteiger partial charge is 0.376 e. The molecule has 1 fully saturated rings. The van der Waals surface area contributed by atoms with Gasteiger partial charge in [-0.3, -0.25) is 4.90 Å². The van der Waals surface area contributed by atoms with Gasteiger partial charge in [-0.05, 0) is 38.1 Å². The van der Waals surface area contributed by atoms with Crippen LogP contribution in [0.4, 0.5) is 4.39 Å². The zero-order valence-corrected chi connectivity index (χ0v) is 12.1. The highest BCUT2D eigenvalue weighted by Crippen LogP contribution is 2.19. The summed E-state index contributed by atoms with van der Waals surface area (Å²) >= 11 is 0. The molecular formula is C15H18FN3O2. The van der Waals surface area contributed by atoms with Gasteiger partial charge in [0, 0.05) is 18.2 Å². The van der Waals surface area contributed by atoms with Gasteiger partial charge in [0.15, 0.2) is 0 Å². The van der Waals surface area contributed by atoms with E-state index in [1.54, 1.807) is 12.1 Å². The number of hydrogen-bond acceptors (Lipinski definition) is 5. The van der Waals surface area contributed by atoms with Gasteiger partial charge in [0.05, 0.1) is 19.3 Å². The average molecular weight is 291 g/mol. The van der Waals surface area contributed by atoms with Crippen molar-refractivity contribution >= 4 is 0 Å². The molecule has 3 rings (SSSR count). The fourth-order valence-corrected chi connectivity index (χ4v) is 2.40. The van der Waals surface area contributed by atoms with Crippen molar-refractivity contribution < 1.29 is 13.7 Å². The second-order valence-electron chi connectivity index (χ2n) is 5.44. The molecule has 5 nitrogen and oxygen atoms in total. The van der Waals surface area contributed by atoms with Gasteiger partial charge in [0.25, 0.3) is 0 Å². The number of hydrogen-bond donors (Lipinski definition) is 0. The molecular weight excluding hydrogens is 273 g/mol. The van der Waals surface area contributed by atoms with Crippen LogP contribution >= 0.6 is 0 Å². The lowest BCUT2D eigenvalue weighted by Crippen LogP contribution is -2.46. The Hall–Kier alpha value is -1.79. The minimum Gasteiger partial charge on any atom is -0.376 e. The third kappa shape index (κ3) is 3.28. The average Bonchev–Trinajstić information content (AvgIpc) is 2.92. The Morgan fingerprint density at radius 1 is 1.29 bits per heavy atom. The van der Waals surface area contributed by atoms with E-state index in [1.165, 1.54) is 12.1 Å². The Kier molecular flexibility index (Phi) is 3.98. The first-order chi connectivity index (χ1) is 10.1. The van der Waals surface area contributed by atoms with E-state index in [0.29, 0.717) is 30.9 Å². The minimum atomic E-state index is -0.279. The fourth-order valence-electron chi connectivity index (χ4n) is 2.40. The van der Waals surface area contributed by atoms with E-state index in [2.05, 4.69) is 28.9 Å². The fraction of sp³-hybridized carbons (Fsp3) is 0.467. The SMILES string of the molecule is C[C@@H]1CN(Cc2nc(-c3ccc(F)cc3)no2)[C@H](C)CO1. The molecule has 21 heavy (non-hydrogen) atoms. The van der Waals surface area contributed by atoms with E-state index in [-0.39, 0.29) is 11.9 Å². The van der Waals surface area contributed by atoms with E-state index in [1.807, 2.05) is 0 Å². The highest BCUT2D eigenvalue weighted by atomic mass is 19.1. The lowest BCUT2D eigenvalue weighted by Gasteiger charge is -2.35. The molecule has 0 amide bonds. The maximum absolute atomic E-state index is 12.9. The van der Waals surface area contributed by atoms with Crippen LogP contribution in [0.5, 0.6) is 0 Å². The van der Waals surface area contributed by atoms with E-state index >= 15 is 0 Å². The molecule has 2 atom stereocenters. The summed E-state index contributed by atoms with van der Waals surface area (Å²) in [5.41, 5.74) is 0.745. The quantitative estimate of drug-likeness (QED) is 0.869. The molecule has 1 aliphatic rings. The summed E-state index contributed by atoms with van der Waals surface area (Å²) < 4.78 is 23.8. The van der Waals surface area contributed by atoms with Crippen molar-refractivity contribution in [1.82, 2.24) is 15.0 Å². The van der Waals surface area contributed by atoms with Crippen LogP contribution < -0.4 is 0 Å². The topological polar surface area (TPSA) is 51.4 Å². The first-order valence-corrected chi connectivity index (χ1v) is 7.06. The molecule has 0 aliphatic carbocycles. The molecule has 0 unspecified atom stereocenters. The maximum Gasteiger partial charge on any atom is 0.241 e. The Morgan fingerprint density at radius 2 is 2.05 bits per heavy atom. The number of rotatable bonds is 3. The number of ether oxygens (including phenoxy) is 1. The number of benzene rings is 1. The van der Waals surface area contributed by atoms with Crippen LogP contribution in [0.3, 0.4) is 0 Å². The molecule has 6 heteroatoms. The van der Waals surface area contributed by atoms with Crippen LogP contribution in [0, 0.1) is 5.82 Å². The van der Waals surface area contributed by atoms with Crippen molar-refractivity contribution in [1.29, 1.82) is 0 Å². The molecule has 0 saturated carbocycles. The van der Waals surface area contributed by atoms with Crippen molar-refractivity contribution in [2.75, 3.05) is 13.2 Å². The zero-order chi connectivity index (χ0) is 14.8. The predicted octanol–water partition coefficient (Wildman–Crippen LogP) is 2.48. The molecule has 1 saturated heterocycles. The predicted molar refractivity (Wildman–Crippen MR) is 75.0 cm³/mol. The second kappa shape index (κ2) is 5.91. The molecule has 2 heterocycles. The summed E-state index contributed by atoms with van der Waals surface area (Å²) in [5.74, 6) is 0.771. The minimum absolute atomic E-state index is 0.209. The highest BCUT2D eigenvalue weighted by molar-refractivity contribution is 5.53. The van der Waals surface area contributed by atoms with Crippen molar-refractivity contribution in [3.8, 4) is 11.4 Å². The summed E-state index contributed by atoms with van der Waals surface area (Å²) in [6, 6.07) is 6.38. The van der Waals surface area contributed by atoms with Gasteiger partial charge in [0.2, 0.25) is 11.7 Å². The summed E-state index contributed by atoms with van der Waals surface area (Å²) in [6.45, 7) is 6.32. The first kappa shape index (κ1) is 14.2. The molecule has 1 aliphatic heterocycles. The van der Waals surface area contributed by atoms with Gasteiger partial charge in [-0.15, -0.1) is 0 Å². The van der Waals surface area contributed by atoms with Crippen LogP contribution in [0.1, 0.15) is 19.7 Å². The third-order valence-corrected chi connectivity index (χ3v) is 3.65. The Bertz CT molecular complexity index is 599. The molecule has 0 radical (unpaired) electrons. The van der Waals surface area contributed by atoms with Gasteiger partial charge < -0.3 is 9.26 Å². The molecule has 112 valence electrons. The van der Waals surface area contributed by atoms with Gasteiger partial charge in [-0.25, -0.2) is 4.39 Å². The number of halogens is 1. The lowest BCUT2D eigenvalue weighted by molar-refractivity contribution is -0.0555. The van der Waals surface area contributed by atoms with Gasteiger partial charge in [0.1, 0.15) is 5.82 Å². The second-order valence-corrected chi connectivity index (χ2v) is 5.44. The van der Waals surface area contributed by atoms with Gasteiger partial charge >= 0.3 is 0 Å². The summed E-state index contributed by atoms with van der Waals surface area (Å²) in [6.07, 6.45) is 0.209. The van der Waals surface area contributed by atoms with Crippen LogP contribution in [0.15, 0.2) is 28.8 Å². The summed E-state index contributed by atoms with van der Waals surface area (Å²) in [5, 5.41) is 3.96. The van der Waals surface area contributed by atoms with E-state index in [4.69, 9.17) is 9.26 Å². The van der Waals surface area contributed by atoms with Crippen LogP contribution in [0.2, 0.25) is 0 Å².